The van der Waals surface area contributed by atoms with E-state index in [2.05, 4.69) is 55.4 Å². The molecule has 3 N–H and O–H groups in total. The normalized spacial score (nSPS) is 14.3. The fraction of sp³-hybridized carbons (Fsp3) is 0.950. The van der Waals surface area contributed by atoms with Gasteiger partial charge in [0.05, 0.1) is 26.4 Å². The highest BCUT2D eigenvalue weighted by molar-refractivity contribution is 7.47. The van der Waals surface area contributed by atoms with Gasteiger partial charge in [-0.05, 0) is 49.4 Å². The van der Waals surface area contributed by atoms with Gasteiger partial charge in [0.25, 0.3) is 0 Å². The smallest absolute Gasteiger partial charge is 0.462 e. The largest absolute Gasteiger partial charge is 0.472 e. The minimum absolute atomic E-state index is 0.106. The van der Waals surface area contributed by atoms with Crippen molar-refractivity contribution in [1.29, 1.82) is 0 Å². The molecule has 0 spiro atoms. The number of carbonyl (C=O) groups excluding carboxylic acids is 4. The number of hydrogen-bond donors (Lipinski definition) is 3. The van der Waals surface area contributed by atoms with Crippen LogP contribution in [0, 0.1) is 23.7 Å². The summed E-state index contributed by atoms with van der Waals surface area (Å²) in [6.45, 7) is 14.3. The summed E-state index contributed by atoms with van der Waals surface area (Å²) in [6, 6.07) is 0. The molecule has 0 aromatic carbocycles. The van der Waals surface area contributed by atoms with Crippen LogP contribution >= 0.6 is 15.6 Å². The molecule has 0 rings (SSSR count). The second kappa shape index (κ2) is 69.1. The highest BCUT2D eigenvalue weighted by Gasteiger charge is 2.30. The van der Waals surface area contributed by atoms with Crippen LogP contribution in [0.4, 0.5) is 0 Å². The topological polar surface area (TPSA) is 237 Å². The van der Waals surface area contributed by atoms with E-state index in [9.17, 15) is 43.2 Å². The van der Waals surface area contributed by atoms with Crippen molar-refractivity contribution in [2.75, 3.05) is 39.6 Å². The lowest BCUT2D eigenvalue weighted by molar-refractivity contribution is -0.161. The second-order valence-corrected chi connectivity index (χ2v) is 33.4. The van der Waals surface area contributed by atoms with Crippen LogP contribution in [0.15, 0.2) is 0 Å². The summed E-state index contributed by atoms with van der Waals surface area (Å²) in [5.41, 5.74) is 0. The van der Waals surface area contributed by atoms with Crippen LogP contribution < -0.4 is 0 Å². The number of aliphatic hydroxyl groups is 1. The van der Waals surface area contributed by atoms with Crippen LogP contribution in [-0.4, -0.2) is 96.7 Å². The van der Waals surface area contributed by atoms with E-state index >= 15 is 0 Å². The van der Waals surface area contributed by atoms with Gasteiger partial charge in [0.1, 0.15) is 19.3 Å². The Bertz CT molecular complexity index is 1940. The molecule has 99 heavy (non-hydrogen) atoms. The zero-order chi connectivity index (χ0) is 73.1. The number of phosphoric ester groups is 2. The van der Waals surface area contributed by atoms with Crippen LogP contribution in [-0.2, 0) is 65.4 Å². The predicted octanol–water partition coefficient (Wildman–Crippen LogP) is 23.6. The van der Waals surface area contributed by atoms with Crippen molar-refractivity contribution in [1.82, 2.24) is 0 Å². The summed E-state index contributed by atoms with van der Waals surface area (Å²) in [5.74, 6) is 1.00. The molecule has 17 nitrogen and oxygen atoms in total. The zero-order valence-electron chi connectivity index (χ0n) is 65.1. The van der Waals surface area contributed by atoms with E-state index in [1.165, 1.54) is 205 Å². The van der Waals surface area contributed by atoms with E-state index in [1.54, 1.807) is 0 Å². The third kappa shape index (κ3) is 72.8. The number of carbonyl (C=O) groups is 4. The van der Waals surface area contributed by atoms with E-state index in [0.29, 0.717) is 31.6 Å². The Hall–Kier alpha value is -1.94. The Balaban J connectivity index is 5.24. The molecule has 0 bridgehead atoms. The van der Waals surface area contributed by atoms with Crippen LogP contribution in [0.2, 0.25) is 0 Å². The number of unbranched alkanes of at least 4 members (excludes halogenated alkanes) is 42. The fourth-order valence-electron chi connectivity index (χ4n) is 12.2. The molecule has 0 aliphatic rings. The quantitative estimate of drug-likeness (QED) is 0.0222. The van der Waals surface area contributed by atoms with Crippen molar-refractivity contribution >= 4 is 39.5 Å². The van der Waals surface area contributed by atoms with Crippen molar-refractivity contribution in [2.24, 2.45) is 23.7 Å². The highest BCUT2D eigenvalue weighted by Crippen LogP contribution is 2.45. The molecular weight excluding hydrogens is 1290 g/mol. The molecule has 0 saturated heterocycles. The first-order valence-corrected chi connectivity index (χ1v) is 44.2. The van der Waals surface area contributed by atoms with Crippen molar-refractivity contribution in [3.8, 4) is 0 Å². The number of aliphatic hydroxyl groups excluding tert-OH is 1. The molecule has 6 atom stereocenters. The minimum atomic E-state index is -4.96. The average molecular weight is 1450 g/mol. The number of hydrogen-bond acceptors (Lipinski definition) is 15. The third-order valence-electron chi connectivity index (χ3n) is 18.9. The van der Waals surface area contributed by atoms with E-state index in [1.807, 2.05) is 0 Å². The summed E-state index contributed by atoms with van der Waals surface area (Å²) in [5, 5.41) is 10.6. The number of phosphoric acid groups is 2. The molecule has 0 aliphatic carbocycles. The third-order valence-corrected chi connectivity index (χ3v) is 20.8. The van der Waals surface area contributed by atoms with Gasteiger partial charge < -0.3 is 33.8 Å². The van der Waals surface area contributed by atoms with E-state index in [4.69, 9.17) is 37.0 Å². The van der Waals surface area contributed by atoms with Crippen LogP contribution in [0.1, 0.15) is 409 Å². The first-order chi connectivity index (χ1) is 47.6. The van der Waals surface area contributed by atoms with Gasteiger partial charge in [-0.3, -0.25) is 37.3 Å². The van der Waals surface area contributed by atoms with Crippen molar-refractivity contribution in [3.05, 3.63) is 0 Å². The summed E-state index contributed by atoms with van der Waals surface area (Å²) in [6.07, 6.45) is 55.5. The molecule has 0 fully saturated rings. The molecule has 588 valence electrons. The van der Waals surface area contributed by atoms with Crippen molar-refractivity contribution in [3.63, 3.8) is 0 Å². The lowest BCUT2D eigenvalue weighted by atomic mass is 9.99. The molecule has 0 radical (unpaired) electrons. The van der Waals surface area contributed by atoms with Crippen molar-refractivity contribution < 1.29 is 80.2 Å². The van der Waals surface area contributed by atoms with Gasteiger partial charge in [0.2, 0.25) is 0 Å². The Morgan fingerprint density at radius 1 is 0.283 bits per heavy atom. The van der Waals surface area contributed by atoms with Gasteiger partial charge in [-0.2, -0.15) is 0 Å². The zero-order valence-corrected chi connectivity index (χ0v) is 66.9. The molecule has 19 heteroatoms. The average Bonchev–Trinajstić information content (AvgIpc) is 1.01. The van der Waals surface area contributed by atoms with Gasteiger partial charge in [-0.15, -0.1) is 0 Å². The first kappa shape index (κ1) is 97.1. The van der Waals surface area contributed by atoms with Gasteiger partial charge >= 0.3 is 39.5 Å². The molecule has 0 aromatic heterocycles. The minimum Gasteiger partial charge on any atom is -0.462 e. The maximum atomic E-state index is 13.1. The maximum absolute atomic E-state index is 13.1. The fourth-order valence-corrected chi connectivity index (χ4v) is 13.8. The number of ether oxygens (including phenoxy) is 4. The Morgan fingerprint density at radius 2 is 0.485 bits per heavy atom. The summed E-state index contributed by atoms with van der Waals surface area (Å²) in [7, 11) is -9.92. The Kier molecular flexibility index (Phi) is 67.8. The SMILES string of the molecule is CCC(C)CCCCCCCCCCCCCCCCC(=O)OC[C@H](COP(=O)(O)OCC(O)COP(=O)(O)OC[C@@H](COC(=O)CCCCCCCCCC(C)C)OC(=O)CCCCCCCCCCCCCCCC(C)C)OC(=O)CCCCCCCCCCCCCCC(C)C. The van der Waals surface area contributed by atoms with Gasteiger partial charge in [0.15, 0.2) is 12.2 Å². The van der Waals surface area contributed by atoms with Crippen LogP contribution in [0.3, 0.4) is 0 Å². The summed E-state index contributed by atoms with van der Waals surface area (Å²) < 4.78 is 68.7. The lowest BCUT2D eigenvalue weighted by Crippen LogP contribution is -2.30. The van der Waals surface area contributed by atoms with Gasteiger partial charge in [-0.25, -0.2) is 9.13 Å². The Labute approximate surface area is 607 Å². The van der Waals surface area contributed by atoms with Crippen molar-refractivity contribution in [2.45, 2.75) is 427 Å². The van der Waals surface area contributed by atoms with E-state index < -0.39 is 97.5 Å². The molecule has 0 saturated carbocycles. The molecule has 0 heterocycles. The molecule has 4 unspecified atom stereocenters. The predicted molar refractivity (Wildman–Crippen MR) is 404 cm³/mol. The summed E-state index contributed by atoms with van der Waals surface area (Å²) >= 11 is 0. The van der Waals surface area contributed by atoms with Crippen LogP contribution in [0.25, 0.3) is 0 Å². The molecule has 0 aromatic rings. The maximum Gasteiger partial charge on any atom is 0.472 e. The number of rotatable bonds is 77. The highest BCUT2D eigenvalue weighted by atomic mass is 31.2. The Morgan fingerprint density at radius 3 is 0.717 bits per heavy atom. The molecule has 0 aliphatic heterocycles. The van der Waals surface area contributed by atoms with E-state index in [-0.39, 0.29) is 25.7 Å². The van der Waals surface area contributed by atoms with Crippen LogP contribution in [0.5, 0.6) is 0 Å². The monoisotopic (exact) mass is 1450 g/mol. The molecular formula is C80H156O17P2. The van der Waals surface area contributed by atoms with E-state index in [0.717, 1.165) is 114 Å². The second-order valence-electron chi connectivity index (χ2n) is 30.5. The van der Waals surface area contributed by atoms with Gasteiger partial charge in [-0.1, -0.05) is 357 Å². The first-order valence-electron chi connectivity index (χ1n) is 41.2. The number of esters is 4. The standard InChI is InChI=1S/C80H156O17P2/c1-9-73(8)59-51-43-35-27-21-14-10-11-15-22-28-36-44-52-60-77(82)90-66-75(96-80(85)63-55-47-38-30-24-18-17-20-26-33-41-49-57-71(4)5)68-94-98(86,87)92-64-74(81)65-93-99(88,89)95-69-76(67-91-78(83)61-53-45-39-31-34-42-50-58-72(6)7)97-79(84)62-54-46-37-29-23-16-12-13-19-25-32-40-48-56-70(2)3/h70-76,81H,9-69H2,1-8H3,(H,86,87)(H,88,89)/t73?,74?,75-,76-/m1/s1. The summed E-state index contributed by atoms with van der Waals surface area (Å²) in [4.78, 5) is 73.0. The molecule has 0 amide bonds. The van der Waals surface area contributed by atoms with Gasteiger partial charge in [0, 0.05) is 25.7 Å². The lowest BCUT2D eigenvalue weighted by Gasteiger charge is -2.21.